The summed E-state index contributed by atoms with van der Waals surface area (Å²) in [5.41, 5.74) is 1.67. The smallest absolute Gasteiger partial charge is 0.307 e. The summed E-state index contributed by atoms with van der Waals surface area (Å²) in [4.78, 5) is 11.5. The lowest BCUT2D eigenvalue weighted by atomic mass is 10.0. The Labute approximate surface area is 198 Å². The van der Waals surface area contributed by atoms with E-state index in [9.17, 15) is 22.7 Å². The lowest BCUT2D eigenvalue weighted by Gasteiger charge is -2.29. The zero-order valence-corrected chi connectivity index (χ0v) is 19.5. The number of carboxylic acid groups (broad SMARTS) is 1. The third-order valence-corrected chi connectivity index (χ3v) is 7.53. The fourth-order valence-corrected chi connectivity index (χ4v) is 5.68. The van der Waals surface area contributed by atoms with Gasteiger partial charge < -0.3 is 15.7 Å². The van der Waals surface area contributed by atoms with Crippen LogP contribution in [0.15, 0.2) is 77.7 Å². The molecule has 1 aliphatic heterocycles. The van der Waals surface area contributed by atoms with E-state index in [1.54, 1.807) is 18.2 Å². The first-order valence-electron chi connectivity index (χ1n) is 11.0. The average Bonchev–Trinajstić information content (AvgIpc) is 3.14. The minimum absolute atomic E-state index is 0.0254. The molecule has 0 amide bonds. The van der Waals surface area contributed by atoms with Gasteiger partial charge in [-0.15, -0.1) is 0 Å². The van der Waals surface area contributed by atoms with E-state index in [1.807, 2.05) is 37.3 Å². The Kier molecular flexibility index (Phi) is 6.47. The molecule has 1 aliphatic rings. The van der Waals surface area contributed by atoms with Crippen LogP contribution in [0.3, 0.4) is 0 Å². The SMILES string of the molecule is CCCC1(CC(=O)O)Nc2ccc(N(Cc3ccccc3)S(=O)(=O)c3ccc(F)cc3)cc2N1. The standard InChI is InChI=1S/C25H26FN3O4S/c1-2-14-25(16-24(30)31)27-22-13-10-20(15-23(22)28-25)29(17-18-6-4-3-5-7-18)34(32,33)21-11-8-19(26)9-12-21/h3-13,15,27-28H,2,14,16-17H2,1H3,(H,30,31). The van der Waals surface area contributed by atoms with E-state index in [2.05, 4.69) is 10.6 Å². The first-order valence-corrected chi connectivity index (χ1v) is 12.4. The van der Waals surface area contributed by atoms with E-state index in [1.165, 1.54) is 16.4 Å². The summed E-state index contributed by atoms with van der Waals surface area (Å²) >= 11 is 0. The maximum Gasteiger partial charge on any atom is 0.307 e. The van der Waals surface area contributed by atoms with Gasteiger partial charge >= 0.3 is 5.97 Å². The number of hydrogen-bond acceptors (Lipinski definition) is 5. The van der Waals surface area contributed by atoms with Gasteiger partial charge in [0.1, 0.15) is 11.5 Å². The fourth-order valence-electron chi connectivity index (χ4n) is 4.23. The highest BCUT2D eigenvalue weighted by Crippen LogP contribution is 2.41. The van der Waals surface area contributed by atoms with E-state index >= 15 is 0 Å². The van der Waals surface area contributed by atoms with Crippen molar-refractivity contribution < 1.29 is 22.7 Å². The number of rotatable bonds is 9. The predicted molar refractivity (Wildman–Crippen MR) is 130 cm³/mol. The number of nitrogens with zero attached hydrogens (tertiary/aromatic N) is 1. The Balaban J connectivity index is 1.74. The van der Waals surface area contributed by atoms with Crippen LogP contribution in [0.4, 0.5) is 21.5 Å². The maximum absolute atomic E-state index is 13.6. The van der Waals surface area contributed by atoms with Crippen LogP contribution in [-0.2, 0) is 21.4 Å². The van der Waals surface area contributed by atoms with E-state index in [-0.39, 0.29) is 17.9 Å². The van der Waals surface area contributed by atoms with Gasteiger partial charge in [0.2, 0.25) is 0 Å². The van der Waals surface area contributed by atoms with Gasteiger partial charge in [0.05, 0.1) is 34.9 Å². The quantitative estimate of drug-likeness (QED) is 0.395. The monoisotopic (exact) mass is 483 g/mol. The molecule has 178 valence electrons. The summed E-state index contributed by atoms with van der Waals surface area (Å²) in [5, 5.41) is 16.0. The van der Waals surface area contributed by atoms with Crippen molar-refractivity contribution in [3.63, 3.8) is 0 Å². The van der Waals surface area contributed by atoms with Gasteiger partial charge in [-0.25, -0.2) is 12.8 Å². The van der Waals surface area contributed by atoms with E-state index in [4.69, 9.17) is 0 Å². The minimum atomic E-state index is -4.02. The Morgan fingerprint density at radius 3 is 2.32 bits per heavy atom. The molecule has 1 heterocycles. The molecule has 9 heteroatoms. The average molecular weight is 484 g/mol. The van der Waals surface area contributed by atoms with E-state index < -0.39 is 27.5 Å². The first-order chi connectivity index (χ1) is 16.2. The fraction of sp³-hybridized carbons (Fsp3) is 0.240. The number of aliphatic carboxylic acids is 1. The second kappa shape index (κ2) is 9.34. The second-order valence-electron chi connectivity index (χ2n) is 8.33. The van der Waals surface area contributed by atoms with Gasteiger partial charge in [0.15, 0.2) is 0 Å². The molecule has 0 aliphatic carbocycles. The molecule has 0 saturated heterocycles. The highest BCUT2D eigenvalue weighted by Gasteiger charge is 2.38. The largest absolute Gasteiger partial charge is 0.481 e. The van der Waals surface area contributed by atoms with Crippen LogP contribution < -0.4 is 14.9 Å². The number of carbonyl (C=O) groups is 1. The zero-order valence-electron chi connectivity index (χ0n) is 18.7. The summed E-state index contributed by atoms with van der Waals surface area (Å²) in [7, 11) is -4.02. The number of benzene rings is 3. The zero-order chi connectivity index (χ0) is 24.3. The molecule has 7 nitrogen and oxygen atoms in total. The van der Waals surface area contributed by atoms with Gasteiger partial charge in [0.25, 0.3) is 10.0 Å². The number of nitrogens with one attached hydrogen (secondary N) is 2. The Morgan fingerprint density at radius 2 is 1.68 bits per heavy atom. The highest BCUT2D eigenvalue weighted by molar-refractivity contribution is 7.92. The molecule has 1 atom stereocenters. The lowest BCUT2D eigenvalue weighted by Crippen LogP contribution is -2.43. The number of anilines is 3. The molecule has 0 spiro atoms. The molecular formula is C25H26FN3O4S. The van der Waals surface area contributed by atoms with Crippen molar-refractivity contribution in [2.45, 2.75) is 43.3 Å². The molecule has 0 saturated carbocycles. The van der Waals surface area contributed by atoms with Gasteiger partial charge in [-0.1, -0.05) is 43.7 Å². The third kappa shape index (κ3) is 4.84. The number of halogens is 1. The number of sulfonamides is 1. The molecule has 0 fully saturated rings. The Bertz CT molecular complexity index is 1280. The van der Waals surface area contributed by atoms with Crippen LogP contribution in [-0.4, -0.2) is 25.2 Å². The van der Waals surface area contributed by atoms with E-state index in [0.717, 1.165) is 24.1 Å². The van der Waals surface area contributed by atoms with Gasteiger partial charge in [-0.3, -0.25) is 9.10 Å². The molecular weight excluding hydrogens is 457 g/mol. The van der Waals surface area contributed by atoms with Crippen molar-refractivity contribution in [3.8, 4) is 0 Å². The van der Waals surface area contributed by atoms with Crippen molar-refractivity contribution >= 4 is 33.1 Å². The molecule has 3 aromatic carbocycles. The number of carboxylic acids is 1. The van der Waals surface area contributed by atoms with Crippen LogP contribution in [0.2, 0.25) is 0 Å². The number of hydrogen-bond donors (Lipinski definition) is 3. The van der Waals surface area contributed by atoms with Gasteiger partial charge in [-0.05, 0) is 54.4 Å². The summed E-state index contributed by atoms with van der Waals surface area (Å²) in [6.07, 6.45) is 1.20. The van der Waals surface area contributed by atoms with Crippen LogP contribution in [0.1, 0.15) is 31.7 Å². The van der Waals surface area contributed by atoms with Crippen LogP contribution in [0.5, 0.6) is 0 Å². The third-order valence-electron chi connectivity index (χ3n) is 5.74. The second-order valence-corrected chi connectivity index (χ2v) is 10.2. The Hall–Kier alpha value is -3.59. The van der Waals surface area contributed by atoms with Gasteiger partial charge in [0, 0.05) is 0 Å². The summed E-state index contributed by atoms with van der Waals surface area (Å²) in [6.45, 7) is 2.04. The summed E-state index contributed by atoms with van der Waals surface area (Å²) in [5.74, 6) is -1.46. The molecule has 0 aromatic heterocycles. The predicted octanol–water partition coefficient (Wildman–Crippen LogP) is 5.03. The molecule has 0 bridgehead atoms. The Morgan fingerprint density at radius 1 is 1.00 bits per heavy atom. The van der Waals surface area contributed by atoms with Crippen molar-refractivity contribution in [2.75, 3.05) is 14.9 Å². The lowest BCUT2D eigenvalue weighted by molar-refractivity contribution is -0.138. The van der Waals surface area contributed by atoms with Crippen LogP contribution >= 0.6 is 0 Å². The molecule has 34 heavy (non-hydrogen) atoms. The number of fused-ring (bicyclic) bond motifs is 1. The summed E-state index contributed by atoms with van der Waals surface area (Å²) < 4.78 is 42.0. The van der Waals surface area contributed by atoms with Crippen molar-refractivity contribution in [1.29, 1.82) is 0 Å². The molecule has 1 unspecified atom stereocenters. The molecule has 3 N–H and O–H groups in total. The van der Waals surface area contributed by atoms with Gasteiger partial charge in [-0.2, -0.15) is 0 Å². The normalized spacial score (nSPS) is 16.9. The summed E-state index contributed by atoms with van der Waals surface area (Å²) in [6, 6.07) is 19.0. The highest BCUT2D eigenvalue weighted by atomic mass is 32.2. The van der Waals surface area contributed by atoms with Crippen LogP contribution in [0, 0.1) is 5.82 Å². The maximum atomic E-state index is 13.6. The molecule has 0 radical (unpaired) electrons. The van der Waals surface area contributed by atoms with Crippen LogP contribution in [0.25, 0.3) is 0 Å². The first kappa shape index (κ1) is 23.6. The molecule has 4 rings (SSSR count). The molecule has 3 aromatic rings. The van der Waals surface area contributed by atoms with E-state index in [0.29, 0.717) is 23.5 Å². The minimum Gasteiger partial charge on any atom is -0.481 e. The van der Waals surface area contributed by atoms with Crippen molar-refractivity contribution in [1.82, 2.24) is 0 Å². The van der Waals surface area contributed by atoms with Crippen molar-refractivity contribution in [2.24, 2.45) is 0 Å². The van der Waals surface area contributed by atoms with Crippen molar-refractivity contribution in [3.05, 3.63) is 84.2 Å². The topological polar surface area (TPSA) is 98.7 Å².